The molecule has 0 aromatic rings. The molecule has 0 unspecified atom stereocenters. The molecule has 0 atom stereocenters. The Morgan fingerprint density at radius 1 is 1.55 bits per heavy atom. The molecule has 0 amide bonds. The number of nitriles is 2. The Morgan fingerprint density at radius 3 is 2.64 bits per heavy atom. The molecule has 0 bridgehead atoms. The van der Waals surface area contributed by atoms with Crippen molar-refractivity contribution >= 4 is 5.97 Å². The SMILES string of the molecule is C=C(C#N)COC(=O)CC#N. The van der Waals surface area contributed by atoms with Crippen LogP contribution in [0.25, 0.3) is 0 Å². The number of hydrogen-bond acceptors (Lipinski definition) is 4. The van der Waals surface area contributed by atoms with E-state index in [1.807, 2.05) is 0 Å². The number of carbonyl (C=O) groups excluding carboxylic acids is 1. The Bertz CT molecular complexity index is 244. The fourth-order valence-corrected chi connectivity index (χ4v) is 0.315. The molecule has 0 rings (SSSR count). The predicted octanol–water partition coefficient (Wildman–Crippen LogP) is 0.523. The molecule has 0 aliphatic heterocycles. The number of esters is 1. The molecule has 0 aromatic carbocycles. The van der Waals surface area contributed by atoms with E-state index in [1.54, 1.807) is 12.1 Å². The molecule has 0 saturated carbocycles. The van der Waals surface area contributed by atoms with E-state index in [1.165, 1.54) is 0 Å². The highest BCUT2D eigenvalue weighted by molar-refractivity contribution is 5.71. The molecule has 0 aromatic heterocycles. The molecule has 4 heteroatoms. The van der Waals surface area contributed by atoms with Gasteiger partial charge in [-0.3, -0.25) is 4.79 Å². The van der Waals surface area contributed by atoms with E-state index in [0.717, 1.165) is 0 Å². The first-order valence-corrected chi connectivity index (χ1v) is 2.81. The summed E-state index contributed by atoms with van der Waals surface area (Å²) >= 11 is 0. The van der Waals surface area contributed by atoms with Gasteiger partial charge in [0.2, 0.25) is 0 Å². The molecule has 0 spiro atoms. The zero-order valence-electron chi connectivity index (χ0n) is 5.83. The van der Waals surface area contributed by atoms with Crippen molar-refractivity contribution in [3.63, 3.8) is 0 Å². The van der Waals surface area contributed by atoms with Gasteiger partial charge < -0.3 is 4.74 Å². The lowest BCUT2D eigenvalue weighted by atomic mass is 10.4. The summed E-state index contributed by atoms with van der Waals surface area (Å²) in [5.41, 5.74) is 0.163. The minimum Gasteiger partial charge on any atom is -0.459 e. The minimum atomic E-state index is -0.635. The Kier molecular flexibility index (Phi) is 4.19. The van der Waals surface area contributed by atoms with Gasteiger partial charge in [0.05, 0.1) is 17.7 Å². The Morgan fingerprint density at radius 2 is 2.18 bits per heavy atom. The molecule has 0 heterocycles. The molecule has 0 N–H and O–H groups in total. The normalized spacial score (nSPS) is 7.45. The zero-order chi connectivity index (χ0) is 8.69. The molecule has 0 saturated heterocycles. The second-order valence-electron chi connectivity index (χ2n) is 1.71. The van der Waals surface area contributed by atoms with Gasteiger partial charge in [0.1, 0.15) is 13.0 Å². The van der Waals surface area contributed by atoms with Crippen LogP contribution in [0, 0.1) is 22.7 Å². The van der Waals surface area contributed by atoms with E-state index in [2.05, 4.69) is 11.3 Å². The largest absolute Gasteiger partial charge is 0.459 e. The summed E-state index contributed by atoms with van der Waals surface area (Å²) in [5.74, 6) is -0.635. The molecule has 4 nitrogen and oxygen atoms in total. The van der Waals surface area contributed by atoms with Crippen LogP contribution in [0.5, 0.6) is 0 Å². The van der Waals surface area contributed by atoms with Gasteiger partial charge in [0, 0.05) is 0 Å². The van der Waals surface area contributed by atoms with Crippen molar-refractivity contribution in [2.24, 2.45) is 0 Å². The van der Waals surface area contributed by atoms with Crippen LogP contribution in [0.2, 0.25) is 0 Å². The third-order valence-corrected chi connectivity index (χ3v) is 0.789. The van der Waals surface area contributed by atoms with E-state index >= 15 is 0 Å². The Hall–Kier alpha value is -1.81. The molecule has 11 heavy (non-hydrogen) atoms. The highest BCUT2D eigenvalue weighted by Gasteiger charge is 2.01. The van der Waals surface area contributed by atoms with E-state index in [-0.39, 0.29) is 18.6 Å². The first kappa shape index (κ1) is 9.19. The molecule has 56 valence electrons. The van der Waals surface area contributed by atoms with E-state index in [0.29, 0.717) is 0 Å². The van der Waals surface area contributed by atoms with Gasteiger partial charge in [-0.25, -0.2) is 0 Å². The second-order valence-corrected chi connectivity index (χ2v) is 1.71. The van der Waals surface area contributed by atoms with Crippen molar-refractivity contribution in [2.75, 3.05) is 6.61 Å². The molecule has 0 radical (unpaired) electrons. The summed E-state index contributed by atoms with van der Waals surface area (Å²) in [6, 6.07) is 3.33. The van der Waals surface area contributed by atoms with Crippen molar-refractivity contribution in [3.05, 3.63) is 12.2 Å². The second kappa shape index (κ2) is 5.01. The van der Waals surface area contributed by atoms with Crippen LogP contribution in [-0.2, 0) is 9.53 Å². The molecular weight excluding hydrogens is 144 g/mol. The standard InChI is InChI=1S/C7H6N2O2/c1-6(4-9)5-11-7(10)2-3-8/h1-2,5H2. The highest BCUT2D eigenvalue weighted by atomic mass is 16.5. The van der Waals surface area contributed by atoms with Crippen LogP contribution in [0.1, 0.15) is 6.42 Å². The average Bonchev–Trinajstić information content (AvgIpc) is 2.01. The van der Waals surface area contributed by atoms with Crippen LogP contribution in [-0.4, -0.2) is 12.6 Å². The summed E-state index contributed by atoms with van der Waals surface area (Å²) in [7, 11) is 0. The monoisotopic (exact) mass is 150 g/mol. The average molecular weight is 150 g/mol. The fraction of sp³-hybridized carbons (Fsp3) is 0.286. The highest BCUT2D eigenvalue weighted by Crippen LogP contribution is 1.90. The Balaban J connectivity index is 3.58. The van der Waals surface area contributed by atoms with E-state index in [4.69, 9.17) is 10.5 Å². The van der Waals surface area contributed by atoms with Crippen LogP contribution in [0.4, 0.5) is 0 Å². The maximum Gasteiger partial charge on any atom is 0.320 e. The zero-order valence-corrected chi connectivity index (χ0v) is 5.83. The minimum absolute atomic E-state index is 0.128. The predicted molar refractivity (Wildman–Crippen MR) is 35.9 cm³/mol. The van der Waals surface area contributed by atoms with Crippen molar-refractivity contribution in [2.45, 2.75) is 6.42 Å². The van der Waals surface area contributed by atoms with Gasteiger partial charge in [-0.1, -0.05) is 6.58 Å². The van der Waals surface area contributed by atoms with Crippen molar-refractivity contribution in [3.8, 4) is 12.1 Å². The fourth-order valence-electron chi connectivity index (χ4n) is 0.315. The van der Waals surface area contributed by atoms with Crippen molar-refractivity contribution < 1.29 is 9.53 Å². The summed E-state index contributed by atoms with van der Waals surface area (Å²) in [4.78, 5) is 10.5. The first-order valence-electron chi connectivity index (χ1n) is 2.81. The third-order valence-electron chi connectivity index (χ3n) is 0.789. The molecule has 0 fully saturated rings. The van der Waals surface area contributed by atoms with Crippen molar-refractivity contribution in [1.29, 1.82) is 10.5 Å². The van der Waals surface area contributed by atoms with Gasteiger partial charge >= 0.3 is 5.97 Å². The third kappa shape index (κ3) is 4.68. The Labute approximate surface area is 64.3 Å². The lowest BCUT2D eigenvalue weighted by Gasteiger charge is -1.97. The maximum absolute atomic E-state index is 10.5. The quantitative estimate of drug-likeness (QED) is 0.434. The van der Waals surface area contributed by atoms with Gasteiger partial charge in [0.15, 0.2) is 0 Å². The van der Waals surface area contributed by atoms with Crippen LogP contribution in [0.3, 0.4) is 0 Å². The van der Waals surface area contributed by atoms with E-state index < -0.39 is 5.97 Å². The van der Waals surface area contributed by atoms with Gasteiger partial charge in [-0.2, -0.15) is 10.5 Å². The maximum atomic E-state index is 10.5. The van der Waals surface area contributed by atoms with E-state index in [9.17, 15) is 4.79 Å². The lowest BCUT2D eigenvalue weighted by Crippen LogP contribution is -2.05. The number of rotatable bonds is 3. The molecule has 0 aliphatic carbocycles. The number of nitrogens with zero attached hydrogens (tertiary/aromatic N) is 2. The molecular formula is C7H6N2O2. The number of ether oxygens (including phenoxy) is 1. The smallest absolute Gasteiger partial charge is 0.320 e. The first-order chi connectivity index (χ1) is 5.20. The van der Waals surface area contributed by atoms with Crippen LogP contribution in [0.15, 0.2) is 12.2 Å². The lowest BCUT2D eigenvalue weighted by molar-refractivity contribution is -0.141. The van der Waals surface area contributed by atoms with Gasteiger partial charge in [-0.15, -0.1) is 0 Å². The molecule has 0 aliphatic rings. The summed E-state index contributed by atoms with van der Waals surface area (Å²) in [6.07, 6.45) is -0.293. The van der Waals surface area contributed by atoms with Crippen LogP contribution >= 0.6 is 0 Å². The number of hydrogen-bond donors (Lipinski definition) is 0. The summed E-state index contributed by atoms with van der Waals surface area (Å²) < 4.78 is 4.45. The van der Waals surface area contributed by atoms with Gasteiger partial charge in [-0.05, 0) is 0 Å². The van der Waals surface area contributed by atoms with Gasteiger partial charge in [0.25, 0.3) is 0 Å². The summed E-state index contributed by atoms with van der Waals surface area (Å²) in [5, 5.41) is 16.2. The number of carbonyl (C=O) groups is 1. The van der Waals surface area contributed by atoms with Crippen molar-refractivity contribution in [1.82, 2.24) is 0 Å². The summed E-state index contributed by atoms with van der Waals surface area (Å²) in [6.45, 7) is 3.16. The van der Waals surface area contributed by atoms with Crippen LogP contribution < -0.4 is 0 Å². The topological polar surface area (TPSA) is 73.9 Å².